The van der Waals surface area contributed by atoms with E-state index in [0.29, 0.717) is 19.4 Å². The van der Waals surface area contributed by atoms with Gasteiger partial charge < -0.3 is 10.2 Å². The van der Waals surface area contributed by atoms with Crippen LogP contribution in [0.1, 0.15) is 38.3 Å². The summed E-state index contributed by atoms with van der Waals surface area (Å²) in [4.78, 5) is 27.0. The molecule has 1 fully saturated rings. The molecule has 1 aromatic carbocycles. The minimum Gasteiger partial charge on any atom is -0.340 e. The van der Waals surface area contributed by atoms with Gasteiger partial charge in [0.25, 0.3) is 0 Å². The Labute approximate surface area is 125 Å². The fraction of sp³-hybridized carbons (Fsp3) is 0.412. The molecule has 0 radical (unpaired) electrons. The second-order valence-corrected chi connectivity index (χ2v) is 5.56. The molecule has 1 heterocycles. The molecule has 4 nitrogen and oxygen atoms in total. The highest BCUT2D eigenvalue weighted by Gasteiger charge is 2.47. The van der Waals surface area contributed by atoms with Crippen molar-refractivity contribution in [1.82, 2.24) is 10.2 Å². The van der Waals surface area contributed by atoms with Crippen molar-refractivity contribution >= 4 is 11.8 Å². The number of nitrogens with zero attached hydrogens (tertiary/aromatic N) is 1. The maximum atomic E-state index is 12.8. The van der Waals surface area contributed by atoms with Crippen LogP contribution in [-0.2, 0) is 9.59 Å². The minimum absolute atomic E-state index is 0.0275. The number of piperazine rings is 1. The van der Waals surface area contributed by atoms with Crippen LogP contribution in [0.15, 0.2) is 43.0 Å². The Hall–Kier alpha value is -2.10. The predicted octanol–water partition coefficient (Wildman–Crippen LogP) is 2.43. The number of carbonyl (C=O) groups excluding carboxylic acids is 2. The predicted molar refractivity (Wildman–Crippen MR) is 82.5 cm³/mol. The molecule has 0 aliphatic carbocycles. The van der Waals surface area contributed by atoms with Gasteiger partial charge in [0.2, 0.25) is 11.8 Å². The van der Waals surface area contributed by atoms with Gasteiger partial charge in [0, 0.05) is 6.54 Å². The number of nitrogens with one attached hydrogen (secondary N) is 1. The van der Waals surface area contributed by atoms with Crippen molar-refractivity contribution < 1.29 is 9.59 Å². The minimum atomic E-state index is -0.816. The Morgan fingerprint density at radius 3 is 2.57 bits per heavy atom. The Balaban J connectivity index is 2.40. The zero-order chi connectivity index (χ0) is 15.5. The zero-order valence-corrected chi connectivity index (χ0v) is 12.6. The van der Waals surface area contributed by atoms with Crippen LogP contribution < -0.4 is 5.32 Å². The van der Waals surface area contributed by atoms with Gasteiger partial charge in [0.05, 0.1) is 0 Å². The second kappa shape index (κ2) is 6.12. The van der Waals surface area contributed by atoms with Crippen molar-refractivity contribution in [3.63, 3.8) is 0 Å². The van der Waals surface area contributed by atoms with Gasteiger partial charge in [-0.05, 0) is 25.3 Å². The first-order valence-corrected chi connectivity index (χ1v) is 7.32. The normalized spacial score (nSPS) is 25.6. The van der Waals surface area contributed by atoms with E-state index in [1.807, 2.05) is 37.3 Å². The van der Waals surface area contributed by atoms with Gasteiger partial charge in [-0.1, -0.05) is 43.3 Å². The summed E-state index contributed by atoms with van der Waals surface area (Å²) in [5.74, 6) is -0.144. The Morgan fingerprint density at radius 2 is 2.00 bits per heavy atom. The fourth-order valence-corrected chi connectivity index (χ4v) is 2.64. The highest BCUT2D eigenvalue weighted by Crippen LogP contribution is 2.30. The van der Waals surface area contributed by atoms with Crippen LogP contribution in [0.4, 0.5) is 0 Å². The third-order valence-electron chi connectivity index (χ3n) is 4.09. The molecule has 2 unspecified atom stereocenters. The number of amides is 2. The molecule has 1 N–H and O–H groups in total. The van der Waals surface area contributed by atoms with Crippen molar-refractivity contribution in [2.24, 2.45) is 0 Å². The first-order chi connectivity index (χ1) is 10.0. The van der Waals surface area contributed by atoms with Crippen molar-refractivity contribution in [3.05, 3.63) is 48.6 Å². The molecule has 1 saturated heterocycles. The van der Waals surface area contributed by atoms with E-state index in [1.165, 1.54) is 0 Å². The Morgan fingerprint density at radius 1 is 1.33 bits per heavy atom. The molecule has 2 amide bonds. The summed E-state index contributed by atoms with van der Waals surface area (Å²) in [6.07, 6.45) is 3.01. The van der Waals surface area contributed by atoms with E-state index in [0.717, 1.165) is 5.56 Å². The molecule has 1 aliphatic rings. The lowest BCUT2D eigenvalue weighted by molar-refractivity contribution is -0.154. The average molecular weight is 286 g/mol. The van der Waals surface area contributed by atoms with Crippen molar-refractivity contribution in [3.8, 4) is 0 Å². The summed E-state index contributed by atoms with van der Waals surface area (Å²) in [6.45, 7) is 7.91. The molecule has 0 spiro atoms. The summed E-state index contributed by atoms with van der Waals surface area (Å²) in [5.41, 5.74) is 0.0225. The Kier molecular flexibility index (Phi) is 4.46. The number of hydrogen-bond donors (Lipinski definition) is 1. The maximum absolute atomic E-state index is 12.8. The van der Waals surface area contributed by atoms with Gasteiger partial charge in [-0.15, -0.1) is 6.58 Å². The summed E-state index contributed by atoms with van der Waals surface area (Å²) >= 11 is 0. The summed E-state index contributed by atoms with van der Waals surface area (Å²) in [7, 11) is 0. The molecule has 21 heavy (non-hydrogen) atoms. The van der Waals surface area contributed by atoms with Crippen LogP contribution in [0, 0.1) is 0 Å². The lowest BCUT2D eigenvalue weighted by Gasteiger charge is -2.44. The van der Waals surface area contributed by atoms with Gasteiger partial charge in [-0.2, -0.15) is 0 Å². The van der Waals surface area contributed by atoms with E-state index in [9.17, 15) is 9.59 Å². The lowest BCUT2D eigenvalue weighted by atomic mass is 9.89. The van der Waals surface area contributed by atoms with Gasteiger partial charge in [0.15, 0.2) is 0 Å². The molecule has 1 aromatic rings. The van der Waals surface area contributed by atoms with Crippen LogP contribution in [0.2, 0.25) is 0 Å². The van der Waals surface area contributed by atoms with Crippen LogP contribution in [0.5, 0.6) is 0 Å². The molecule has 112 valence electrons. The molecule has 2 atom stereocenters. The van der Waals surface area contributed by atoms with Crippen LogP contribution in [-0.4, -0.2) is 28.8 Å². The Bertz CT molecular complexity index is 541. The van der Waals surface area contributed by atoms with Gasteiger partial charge in [-0.3, -0.25) is 9.59 Å². The van der Waals surface area contributed by atoms with E-state index in [2.05, 4.69) is 11.9 Å². The van der Waals surface area contributed by atoms with Gasteiger partial charge >= 0.3 is 0 Å². The van der Waals surface area contributed by atoms with Crippen LogP contribution in [0.25, 0.3) is 0 Å². The zero-order valence-electron chi connectivity index (χ0n) is 12.6. The van der Waals surface area contributed by atoms with E-state index in [4.69, 9.17) is 0 Å². The number of carbonyl (C=O) groups is 2. The van der Waals surface area contributed by atoms with Crippen molar-refractivity contribution in [2.75, 3.05) is 6.54 Å². The smallest absolute Gasteiger partial charge is 0.248 e. The van der Waals surface area contributed by atoms with Crippen LogP contribution >= 0.6 is 0 Å². The molecule has 2 rings (SSSR count). The molecule has 4 heteroatoms. The summed E-state index contributed by atoms with van der Waals surface area (Å²) in [5, 5.41) is 2.89. The summed E-state index contributed by atoms with van der Waals surface area (Å²) < 4.78 is 0. The average Bonchev–Trinajstić information content (AvgIpc) is 2.50. The van der Waals surface area contributed by atoms with E-state index >= 15 is 0 Å². The van der Waals surface area contributed by atoms with Gasteiger partial charge in [0.1, 0.15) is 11.6 Å². The largest absolute Gasteiger partial charge is 0.340 e. The maximum Gasteiger partial charge on any atom is 0.248 e. The van der Waals surface area contributed by atoms with Gasteiger partial charge in [-0.25, -0.2) is 0 Å². The standard InChI is InChI=1S/C17H22N2O2/c1-4-6-12-19-14(13-10-8-7-9-11-13)15(20)18-17(3,5-2)16(19)21/h4,7-11,14H,1,5-6,12H2,2-3H3,(H,18,20). The second-order valence-electron chi connectivity index (χ2n) is 5.56. The lowest BCUT2D eigenvalue weighted by Crippen LogP contribution is -2.66. The van der Waals surface area contributed by atoms with Crippen molar-refractivity contribution in [2.45, 2.75) is 38.3 Å². The van der Waals surface area contributed by atoms with E-state index in [1.54, 1.807) is 17.9 Å². The van der Waals surface area contributed by atoms with Crippen LogP contribution in [0.3, 0.4) is 0 Å². The first-order valence-electron chi connectivity index (χ1n) is 7.32. The molecular formula is C17H22N2O2. The molecule has 0 saturated carbocycles. The van der Waals surface area contributed by atoms with Crippen molar-refractivity contribution in [1.29, 1.82) is 0 Å². The third-order valence-corrected chi connectivity index (χ3v) is 4.09. The molecule has 1 aliphatic heterocycles. The quantitative estimate of drug-likeness (QED) is 0.845. The SMILES string of the molecule is C=CCCN1C(=O)C(C)(CC)NC(=O)C1c1ccccc1. The van der Waals surface area contributed by atoms with E-state index < -0.39 is 11.6 Å². The monoisotopic (exact) mass is 286 g/mol. The molecular weight excluding hydrogens is 264 g/mol. The van der Waals surface area contributed by atoms with E-state index in [-0.39, 0.29) is 11.8 Å². The summed E-state index contributed by atoms with van der Waals surface area (Å²) in [6, 6.07) is 8.87. The first kappa shape index (κ1) is 15.3. The number of rotatable bonds is 5. The number of benzene rings is 1. The third kappa shape index (κ3) is 2.84. The highest BCUT2D eigenvalue weighted by atomic mass is 16.2. The topological polar surface area (TPSA) is 49.4 Å². The number of hydrogen-bond acceptors (Lipinski definition) is 2. The molecule has 0 aromatic heterocycles. The highest BCUT2D eigenvalue weighted by molar-refractivity contribution is 6.00. The molecule has 0 bridgehead atoms. The fourth-order valence-electron chi connectivity index (χ4n) is 2.64.